The van der Waals surface area contributed by atoms with Gasteiger partial charge in [-0.2, -0.15) is 0 Å². The fourth-order valence-corrected chi connectivity index (χ4v) is 6.44. The fourth-order valence-electron chi connectivity index (χ4n) is 6.44. The van der Waals surface area contributed by atoms with Gasteiger partial charge in [0.05, 0.1) is 12.2 Å². The third kappa shape index (κ3) is 5.64. The van der Waals surface area contributed by atoms with Crippen LogP contribution in [0.4, 0.5) is 0 Å². The van der Waals surface area contributed by atoms with Crippen molar-refractivity contribution in [2.45, 2.75) is 102 Å². The number of hydrogen-bond acceptors (Lipinski definition) is 3. The van der Waals surface area contributed by atoms with Gasteiger partial charge in [-0.3, -0.25) is 9.69 Å². The van der Waals surface area contributed by atoms with Crippen LogP contribution in [0.3, 0.4) is 0 Å². The smallest absolute Gasteiger partial charge is 0.246 e. The maximum atomic E-state index is 12.7. The molecule has 1 amide bonds. The number of piperazine rings is 1. The van der Waals surface area contributed by atoms with E-state index in [-0.39, 0.29) is 12.0 Å². The number of rotatable bonds is 5. The Labute approximate surface area is 178 Å². The molecule has 0 aromatic rings. The number of carbonyl (C=O) groups is 1. The topological polar surface area (TPSA) is 32.8 Å². The molecule has 2 atom stereocenters. The van der Waals surface area contributed by atoms with E-state index in [0.29, 0.717) is 6.10 Å². The Morgan fingerprint density at radius 3 is 1.93 bits per heavy atom. The van der Waals surface area contributed by atoms with Crippen LogP contribution in [0.1, 0.15) is 84.0 Å². The highest BCUT2D eigenvalue weighted by Gasteiger charge is 2.37. The summed E-state index contributed by atoms with van der Waals surface area (Å²) in [7, 11) is 0. The van der Waals surface area contributed by atoms with Crippen molar-refractivity contribution in [3.8, 4) is 0 Å². The Morgan fingerprint density at radius 1 is 0.828 bits per heavy atom. The minimum Gasteiger partial charge on any atom is -0.371 e. The molecule has 2 unspecified atom stereocenters. The first-order chi connectivity index (χ1) is 14.2. The van der Waals surface area contributed by atoms with Gasteiger partial charge in [-0.05, 0) is 57.3 Å². The lowest BCUT2D eigenvalue weighted by Gasteiger charge is -2.47. The molecule has 29 heavy (non-hydrogen) atoms. The SMILES string of the molecule is CC1CCC(/C=C/C(=O)N2CCN(C(C3CCCCC3)C3CCCCC3)CC2)O1. The molecule has 164 valence electrons. The molecule has 4 aliphatic rings. The lowest BCUT2D eigenvalue weighted by atomic mass is 9.73. The number of nitrogens with zero attached hydrogens (tertiary/aromatic N) is 2. The lowest BCUT2D eigenvalue weighted by Crippen LogP contribution is -2.56. The average Bonchev–Trinajstić information content (AvgIpc) is 3.19. The molecule has 0 spiro atoms. The monoisotopic (exact) mass is 402 g/mol. The summed E-state index contributed by atoms with van der Waals surface area (Å²) in [6, 6.07) is 0.775. The average molecular weight is 403 g/mol. The molecule has 2 heterocycles. The Balaban J connectivity index is 1.32. The van der Waals surface area contributed by atoms with Gasteiger partial charge in [-0.15, -0.1) is 0 Å². The van der Waals surface area contributed by atoms with Gasteiger partial charge in [0.15, 0.2) is 0 Å². The van der Waals surface area contributed by atoms with Gasteiger partial charge in [0.25, 0.3) is 0 Å². The largest absolute Gasteiger partial charge is 0.371 e. The van der Waals surface area contributed by atoms with Crippen LogP contribution >= 0.6 is 0 Å². The van der Waals surface area contributed by atoms with Crippen molar-refractivity contribution >= 4 is 5.91 Å². The van der Waals surface area contributed by atoms with Gasteiger partial charge in [0.2, 0.25) is 5.91 Å². The van der Waals surface area contributed by atoms with Gasteiger partial charge in [-0.25, -0.2) is 0 Å². The molecule has 0 radical (unpaired) electrons. The van der Waals surface area contributed by atoms with Gasteiger partial charge in [0.1, 0.15) is 0 Å². The Hall–Kier alpha value is -0.870. The second kappa shape index (κ2) is 10.4. The maximum Gasteiger partial charge on any atom is 0.246 e. The highest BCUT2D eigenvalue weighted by atomic mass is 16.5. The van der Waals surface area contributed by atoms with Crippen LogP contribution in [0.5, 0.6) is 0 Å². The summed E-state index contributed by atoms with van der Waals surface area (Å²) in [6.45, 7) is 6.02. The molecule has 0 aromatic carbocycles. The van der Waals surface area contributed by atoms with E-state index in [1.165, 1.54) is 64.2 Å². The molecule has 0 N–H and O–H groups in total. The number of hydrogen-bond donors (Lipinski definition) is 0. The van der Waals surface area contributed by atoms with E-state index in [9.17, 15) is 4.79 Å². The quantitative estimate of drug-likeness (QED) is 0.620. The summed E-state index contributed by atoms with van der Waals surface area (Å²) in [6.07, 6.45) is 20.7. The van der Waals surface area contributed by atoms with E-state index >= 15 is 0 Å². The Kier molecular flexibility index (Phi) is 7.69. The molecule has 2 aliphatic heterocycles. The molecule has 2 saturated carbocycles. The zero-order valence-corrected chi connectivity index (χ0v) is 18.6. The predicted molar refractivity (Wildman–Crippen MR) is 118 cm³/mol. The molecule has 4 rings (SSSR count). The van der Waals surface area contributed by atoms with Crippen LogP contribution in [0.15, 0.2) is 12.2 Å². The number of ether oxygens (including phenoxy) is 1. The van der Waals surface area contributed by atoms with E-state index in [1.807, 2.05) is 6.08 Å². The highest BCUT2D eigenvalue weighted by Crippen LogP contribution is 2.38. The zero-order valence-electron chi connectivity index (χ0n) is 18.6. The highest BCUT2D eigenvalue weighted by molar-refractivity contribution is 5.87. The standard InChI is InChI=1S/C25H42N2O2/c1-20-12-13-23(29-20)14-15-24(28)26-16-18-27(19-17-26)25(21-8-4-2-5-9-21)22-10-6-3-7-11-22/h14-15,20-23,25H,2-13,16-19H2,1H3/b15-14+. The second-order valence-corrected chi connectivity index (χ2v) is 10.1. The number of amides is 1. The second-order valence-electron chi connectivity index (χ2n) is 10.1. The van der Waals surface area contributed by atoms with Gasteiger partial charge in [0, 0.05) is 38.3 Å². The van der Waals surface area contributed by atoms with Gasteiger partial charge < -0.3 is 9.64 Å². The first kappa shape index (κ1) is 21.4. The minimum absolute atomic E-state index is 0.136. The van der Waals surface area contributed by atoms with Crippen LogP contribution in [-0.4, -0.2) is 60.1 Å². The first-order valence-corrected chi connectivity index (χ1v) is 12.6. The molecular weight excluding hydrogens is 360 g/mol. The van der Waals surface area contributed by atoms with Crippen LogP contribution in [-0.2, 0) is 9.53 Å². The molecule has 4 fully saturated rings. The fraction of sp³-hybridized carbons (Fsp3) is 0.880. The van der Waals surface area contributed by atoms with Crippen molar-refractivity contribution in [1.29, 1.82) is 0 Å². The Bertz CT molecular complexity index is 525. The van der Waals surface area contributed by atoms with E-state index in [2.05, 4.69) is 16.7 Å². The predicted octanol–water partition coefficient (Wildman–Crippen LogP) is 4.78. The third-order valence-corrected chi connectivity index (χ3v) is 8.03. The normalized spacial score (nSPS) is 31.2. The van der Waals surface area contributed by atoms with Crippen LogP contribution in [0, 0.1) is 11.8 Å². The Morgan fingerprint density at radius 2 is 1.41 bits per heavy atom. The molecule has 2 saturated heterocycles. The number of carbonyl (C=O) groups excluding carboxylic acids is 1. The summed E-state index contributed by atoms with van der Waals surface area (Å²) in [5.41, 5.74) is 0. The van der Waals surface area contributed by atoms with Crippen LogP contribution in [0.2, 0.25) is 0 Å². The summed E-state index contributed by atoms with van der Waals surface area (Å²) in [5, 5.41) is 0. The summed E-state index contributed by atoms with van der Waals surface area (Å²) >= 11 is 0. The van der Waals surface area contributed by atoms with Crippen LogP contribution < -0.4 is 0 Å². The molecule has 2 aliphatic carbocycles. The van der Waals surface area contributed by atoms with Crippen molar-refractivity contribution in [1.82, 2.24) is 9.80 Å². The van der Waals surface area contributed by atoms with Crippen LogP contribution in [0.25, 0.3) is 0 Å². The molecule has 0 bridgehead atoms. The van der Waals surface area contributed by atoms with Crippen molar-refractivity contribution < 1.29 is 9.53 Å². The summed E-state index contributed by atoms with van der Waals surface area (Å²) in [5.74, 6) is 1.98. The van der Waals surface area contributed by atoms with Crippen molar-refractivity contribution in [3.05, 3.63) is 12.2 Å². The van der Waals surface area contributed by atoms with Gasteiger partial charge in [-0.1, -0.05) is 44.6 Å². The van der Waals surface area contributed by atoms with Crippen molar-refractivity contribution in [2.24, 2.45) is 11.8 Å². The third-order valence-electron chi connectivity index (χ3n) is 8.03. The molecule has 0 aromatic heterocycles. The zero-order chi connectivity index (χ0) is 20.1. The van der Waals surface area contributed by atoms with E-state index < -0.39 is 0 Å². The van der Waals surface area contributed by atoms with E-state index in [4.69, 9.17) is 4.74 Å². The summed E-state index contributed by atoms with van der Waals surface area (Å²) in [4.78, 5) is 17.5. The maximum absolute atomic E-state index is 12.7. The lowest BCUT2D eigenvalue weighted by molar-refractivity contribution is -0.128. The van der Waals surface area contributed by atoms with E-state index in [1.54, 1.807) is 6.08 Å². The van der Waals surface area contributed by atoms with Gasteiger partial charge >= 0.3 is 0 Å². The van der Waals surface area contributed by atoms with E-state index in [0.717, 1.165) is 56.9 Å². The molecular formula is C25H42N2O2. The summed E-state index contributed by atoms with van der Waals surface area (Å²) < 4.78 is 5.82. The van der Waals surface area contributed by atoms with Crippen molar-refractivity contribution in [2.75, 3.05) is 26.2 Å². The minimum atomic E-state index is 0.136. The van der Waals surface area contributed by atoms with Crippen molar-refractivity contribution in [3.63, 3.8) is 0 Å². The first-order valence-electron chi connectivity index (χ1n) is 12.6. The molecule has 4 nitrogen and oxygen atoms in total. The molecule has 4 heteroatoms.